The maximum Gasteiger partial charge on any atom is 0.325 e. The van der Waals surface area contributed by atoms with Gasteiger partial charge in [0.1, 0.15) is 6.54 Å². The van der Waals surface area contributed by atoms with Crippen molar-refractivity contribution in [1.82, 2.24) is 4.90 Å². The first-order valence-corrected chi connectivity index (χ1v) is 5.89. The predicted octanol–water partition coefficient (Wildman–Crippen LogP) is 2.51. The van der Waals surface area contributed by atoms with Gasteiger partial charge in [0.25, 0.3) is 0 Å². The summed E-state index contributed by atoms with van der Waals surface area (Å²) in [6.45, 7) is 7.19. The van der Waals surface area contributed by atoms with E-state index in [0.29, 0.717) is 6.61 Å². The molecule has 0 spiro atoms. The summed E-state index contributed by atoms with van der Waals surface area (Å²) in [5, 5.41) is 11.5. The fourth-order valence-electron chi connectivity index (χ4n) is 1.70. The summed E-state index contributed by atoms with van der Waals surface area (Å²) < 4.78 is 4.85. The Labute approximate surface area is 107 Å². The molecule has 0 heterocycles. The molecule has 0 unspecified atom stereocenters. The molecular weight excluding hydrogens is 230 g/mol. The van der Waals surface area contributed by atoms with Crippen LogP contribution in [0.15, 0.2) is 42.8 Å². The lowest BCUT2D eigenvalue weighted by Crippen LogP contribution is -2.32. The fraction of sp³-hybridized carbons (Fsp3) is 0.357. The van der Waals surface area contributed by atoms with Crippen LogP contribution >= 0.6 is 0 Å². The van der Waals surface area contributed by atoms with Crippen molar-refractivity contribution in [1.29, 1.82) is 0 Å². The summed E-state index contributed by atoms with van der Waals surface area (Å²) in [6, 6.07) is 9.29. The van der Waals surface area contributed by atoms with E-state index in [1.165, 1.54) is 4.90 Å². The van der Waals surface area contributed by atoms with Crippen LogP contribution < -0.4 is 0 Å². The van der Waals surface area contributed by atoms with Crippen LogP contribution in [0.3, 0.4) is 0 Å². The summed E-state index contributed by atoms with van der Waals surface area (Å²) in [4.78, 5) is 12.8. The molecule has 1 aromatic carbocycles. The molecule has 0 fully saturated rings. The first-order chi connectivity index (χ1) is 8.56. The maximum atomic E-state index is 11.5. The minimum absolute atomic E-state index is 0.0771. The molecule has 0 aromatic heterocycles. The Balaban J connectivity index is 2.79. The van der Waals surface area contributed by atoms with Crippen molar-refractivity contribution in [2.75, 3.05) is 13.2 Å². The largest absolute Gasteiger partial charge is 0.465 e. The van der Waals surface area contributed by atoms with Crippen molar-refractivity contribution in [3.8, 4) is 0 Å². The van der Waals surface area contributed by atoms with E-state index in [2.05, 4.69) is 6.58 Å². The highest BCUT2D eigenvalue weighted by molar-refractivity contribution is 5.71. The molecule has 0 bridgehead atoms. The van der Waals surface area contributed by atoms with Crippen LogP contribution in [0.5, 0.6) is 0 Å². The first kappa shape index (κ1) is 14.1. The topological polar surface area (TPSA) is 49.4 Å². The Kier molecular flexibility index (Phi) is 5.24. The van der Waals surface area contributed by atoms with Crippen molar-refractivity contribution in [2.24, 2.45) is 0 Å². The number of ether oxygens (including phenoxy) is 1. The van der Waals surface area contributed by atoms with Crippen LogP contribution in [-0.2, 0) is 14.6 Å². The van der Waals surface area contributed by atoms with Gasteiger partial charge in [-0.1, -0.05) is 30.3 Å². The lowest BCUT2D eigenvalue weighted by atomic mass is 10.1. The van der Waals surface area contributed by atoms with E-state index < -0.39 is 5.97 Å². The van der Waals surface area contributed by atoms with Crippen LogP contribution in [0.25, 0.3) is 0 Å². The summed E-state index contributed by atoms with van der Waals surface area (Å²) in [5.74, 6) is -0.809. The highest BCUT2D eigenvalue weighted by Gasteiger charge is 2.21. The maximum absolute atomic E-state index is 11.5. The van der Waals surface area contributed by atoms with Gasteiger partial charge in [-0.25, -0.2) is 0 Å². The zero-order valence-electron chi connectivity index (χ0n) is 10.8. The Morgan fingerprint density at radius 3 is 2.50 bits per heavy atom. The van der Waals surface area contributed by atoms with E-state index in [9.17, 15) is 9.90 Å². The van der Waals surface area contributed by atoms with Crippen LogP contribution in [0.2, 0.25) is 0 Å². The molecular formula is C14H18NO3. The summed E-state index contributed by atoms with van der Waals surface area (Å²) in [6.07, 6.45) is 0. The average molecular weight is 248 g/mol. The number of esters is 1. The van der Waals surface area contributed by atoms with Crippen molar-refractivity contribution in [3.05, 3.63) is 48.4 Å². The van der Waals surface area contributed by atoms with Crippen LogP contribution in [0, 0.1) is 0 Å². The van der Waals surface area contributed by atoms with Gasteiger partial charge in [-0.2, -0.15) is 0 Å². The molecule has 0 aliphatic heterocycles. The number of hydrogen-bond acceptors (Lipinski definition) is 3. The van der Waals surface area contributed by atoms with Crippen LogP contribution in [0.1, 0.15) is 25.5 Å². The standard InChI is InChI=1S/C14H18NO3/c1-4-18-14(17)10-15(12(3)16)11(2)13-8-6-5-7-9-13/h5-9,11H,3-4,10H2,1-2H3/t11-/m0/s1. The van der Waals surface area contributed by atoms with Crippen molar-refractivity contribution in [2.45, 2.75) is 19.9 Å². The molecule has 0 N–H and O–H groups in total. The SMILES string of the molecule is C=C([O])N(CC(=O)OCC)[C@@H](C)c1ccccc1. The van der Waals surface area contributed by atoms with Gasteiger partial charge < -0.3 is 9.64 Å². The van der Waals surface area contributed by atoms with Crippen molar-refractivity contribution < 1.29 is 14.6 Å². The number of hydrogen-bond donors (Lipinski definition) is 0. The van der Waals surface area contributed by atoms with Gasteiger partial charge in [0.2, 0.25) is 5.88 Å². The third kappa shape index (κ3) is 3.80. The second-order valence-electron chi connectivity index (χ2n) is 3.91. The Bertz CT molecular complexity index is 403. The molecule has 4 heteroatoms. The van der Waals surface area contributed by atoms with E-state index in [-0.39, 0.29) is 18.5 Å². The van der Waals surface area contributed by atoms with Gasteiger partial charge in [-0.3, -0.25) is 9.90 Å². The summed E-state index contributed by atoms with van der Waals surface area (Å²) in [5.41, 5.74) is 0.957. The second-order valence-corrected chi connectivity index (χ2v) is 3.91. The fourth-order valence-corrected chi connectivity index (χ4v) is 1.70. The number of benzene rings is 1. The molecule has 0 amide bonds. The molecule has 97 valence electrons. The zero-order valence-corrected chi connectivity index (χ0v) is 10.8. The summed E-state index contributed by atoms with van der Waals surface area (Å²) in [7, 11) is 0. The van der Waals surface area contributed by atoms with Crippen molar-refractivity contribution >= 4 is 5.97 Å². The van der Waals surface area contributed by atoms with E-state index in [4.69, 9.17) is 4.74 Å². The van der Waals surface area contributed by atoms with E-state index in [1.54, 1.807) is 6.92 Å². The molecule has 1 atom stereocenters. The van der Waals surface area contributed by atoms with Crippen LogP contribution in [-0.4, -0.2) is 24.0 Å². The number of carbonyl (C=O) groups is 1. The van der Waals surface area contributed by atoms with Crippen LogP contribution in [0.4, 0.5) is 0 Å². The van der Waals surface area contributed by atoms with Gasteiger partial charge in [0.15, 0.2) is 0 Å². The van der Waals surface area contributed by atoms with E-state index in [0.717, 1.165) is 5.56 Å². The van der Waals surface area contributed by atoms with Gasteiger partial charge >= 0.3 is 5.97 Å². The zero-order chi connectivity index (χ0) is 13.5. The molecule has 0 aliphatic rings. The average Bonchev–Trinajstić information content (AvgIpc) is 2.36. The quantitative estimate of drug-likeness (QED) is 0.574. The Morgan fingerprint density at radius 2 is 2.00 bits per heavy atom. The molecule has 4 nitrogen and oxygen atoms in total. The normalized spacial score (nSPS) is 11.7. The lowest BCUT2D eigenvalue weighted by Gasteiger charge is -2.27. The van der Waals surface area contributed by atoms with Gasteiger partial charge in [-0.15, -0.1) is 0 Å². The highest BCUT2D eigenvalue weighted by Crippen LogP contribution is 2.22. The molecule has 18 heavy (non-hydrogen) atoms. The molecule has 0 saturated carbocycles. The van der Waals surface area contributed by atoms with Gasteiger partial charge in [-0.05, 0) is 26.0 Å². The minimum Gasteiger partial charge on any atom is -0.465 e. The minimum atomic E-state index is -0.419. The molecule has 0 saturated heterocycles. The number of nitrogens with zero attached hydrogens (tertiary/aromatic N) is 1. The third-order valence-electron chi connectivity index (χ3n) is 2.67. The van der Waals surface area contributed by atoms with Crippen molar-refractivity contribution in [3.63, 3.8) is 0 Å². The number of rotatable bonds is 6. The van der Waals surface area contributed by atoms with Gasteiger partial charge in [0, 0.05) is 0 Å². The summed E-state index contributed by atoms with van der Waals surface area (Å²) >= 11 is 0. The molecule has 1 aromatic rings. The smallest absolute Gasteiger partial charge is 0.325 e. The highest BCUT2D eigenvalue weighted by atomic mass is 16.5. The monoisotopic (exact) mass is 248 g/mol. The Morgan fingerprint density at radius 1 is 1.39 bits per heavy atom. The first-order valence-electron chi connectivity index (χ1n) is 5.89. The molecule has 0 aliphatic carbocycles. The van der Waals surface area contributed by atoms with Gasteiger partial charge in [0.05, 0.1) is 12.6 Å². The number of carbonyl (C=O) groups excluding carboxylic acids is 1. The predicted molar refractivity (Wildman–Crippen MR) is 68.0 cm³/mol. The van der Waals surface area contributed by atoms with E-state index in [1.807, 2.05) is 37.3 Å². The Hall–Kier alpha value is -1.97. The molecule has 1 radical (unpaired) electrons. The van der Waals surface area contributed by atoms with E-state index >= 15 is 0 Å². The third-order valence-corrected chi connectivity index (χ3v) is 2.67. The second kappa shape index (κ2) is 6.69. The lowest BCUT2D eigenvalue weighted by molar-refractivity contribution is -0.145. The molecule has 1 rings (SSSR count).